The van der Waals surface area contributed by atoms with E-state index < -0.39 is 0 Å². The van der Waals surface area contributed by atoms with Gasteiger partial charge >= 0.3 is 0 Å². The molecule has 0 bridgehead atoms. The van der Waals surface area contributed by atoms with Crippen LogP contribution in [0, 0.1) is 12.8 Å². The number of benzene rings is 2. The Kier molecular flexibility index (Phi) is 4.63. The fourth-order valence-corrected chi connectivity index (χ4v) is 5.82. The van der Waals surface area contributed by atoms with Crippen LogP contribution in [0.4, 0.5) is 0 Å². The quantitative estimate of drug-likeness (QED) is 0.367. The first kappa shape index (κ1) is 18.4. The summed E-state index contributed by atoms with van der Waals surface area (Å²) in [7, 11) is 1.71. The van der Waals surface area contributed by atoms with Crippen LogP contribution in [0.3, 0.4) is 0 Å². The number of hydrogen-bond donors (Lipinski definition) is 0. The fourth-order valence-electron chi connectivity index (χ4n) is 4.41. The van der Waals surface area contributed by atoms with Gasteiger partial charge in [-0.2, -0.15) is 0 Å². The van der Waals surface area contributed by atoms with Crippen LogP contribution in [0.5, 0.6) is 5.75 Å². The molecule has 0 N–H and O–H groups in total. The molecule has 4 aromatic rings. The molecule has 146 valence electrons. The molecule has 0 saturated carbocycles. The van der Waals surface area contributed by atoms with Crippen molar-refractivity contribution in [2.45, 2.75) is 33.1 Å². The van der Waals surface area contributed by atoms with Crippen molar-refractivity contribution in [3.05, 3.63) is 70.6 Å². The van der Waals surface area contributed by atoms with Gasteiger partial charge in [-0.15, -0.1) is 11.3 Å². The molecule has 1 atom stereocenters. The Morgan fingerprint density at radius 2 is 1.86 bits per heavy atom. The van der Waals surface area contributed by atoms with Gasteiger partial charge < -0.3 is 4.74 Å². The van der Waals surface area contributed by atoms with Gasteiger partial charge in [-0.25, -0.2) is 4.98 Å². The summed E-state index contributed by atoms with van der Waals surface area (Å²) in [6.45, 7) is 4.53. The van der Waals surface area contributed by atoms with Crippen LogP contribution in [0.25, 0.3) is 32.6 Å². The predicted molar refractivity (Wildman–Crippen MR) is 123 cm³/mol. The summed E-state index contributed by atoms with van der Waals surface area (Å²) < 4.78 is 5.45. The van der Waals surface area contributed by atoms with Gasteiger partial charge in [-0.1, -0.05) is 48.9 Å². The molecule has 0 amide bonds. The summed E-state index contributed by atoms with van der Waals surface area (Å²) >= 11 is 1.89. The Morgan fingerprint density at radius 3 is 2.69 bits per heavy atom. The molecule has 1 aliphatic carbocycles. The van der Waals surface area contributed by atoms with Gasteiger partial charge in [0.15, 0.2) is 0 Å². The maximum Gasteiger partial charge on any atom is 0.125 e. The molecule has 0 aliphatic heterocycles. The van der Waals surface area contributed by atoms with Crippen molar-refractivity contribution in [3.8, 4) is 28.1 Å². The first-order valence-electron chi connectivity index (χ1n) is 10.3. The summed E-state index contributed by atoms with van der Waals surface area (Å²) in [4.78, 5) is 7.82. The minimum absolute atomic E-state index is 0.760. The second kappa shape index (κ2) is 7.31. The lowest BCUT2D eigenvalue weighted by atomic mass is 9.87. The largest absolute Gasteiger partial charge is 0.497 e. The second-order valence-electron chi connectivity index (χ2n) is 8.19. The highest BCUT2D eigenvalue weighted by molar-refractivity contribution is 7.19. The third-order valence-corrected chi connectivity index (χ3v) is 7.11. The van der Waals surface area contributed by atoms with E-state index in [2.05, 4.69) is 56.3 Å². The number of rotatable bonds is 3. The zero-order chi connectivity index (χ0) is 20.0. The lowest BCUT2D eigenvalue weighted by Gasteiger charge is -2.18. The van der Waals surface area contributed by atoms with Crippen LogP contribution >= 0.6 is 11.3 Å². The highest BCUT2D eigenvalue weighted by Crippen LogP contribution is 2.43. The third-order valence-electron chi connectivity index (χ3n) is 5.96. The van der Waals surface area contributed by atoms with E-state index >= 15 is 0 Å². The molecule has 0 spiro atoms. The summed E-state index contributed by atoms with van der Waals surface area (Å²) in [5.74, 6) is 1.62. The number of pyridine rings is 1. The van der Waals surface area contributed by atoms with E-state index in [1.165, 1.54) is 50.2 Å². The molecule has 0 radical (unpaired) electrons. The first-order chi connectivity index (χ1) is 14.1. The van der Waals surface area contributed by atoms with Crippen LogP contribution in [-0.2, 0) is 12.8 Å². The van der Waals surface area contributed by atoms with Crippen molar-refractivity contribution in [2.24, 2.45) is 5.92 Å². The highest BCUT2D eigenvalue weighted by Gasteiger charge is 2.24. The standard InChI is InChI=1S/C26H25NOS/c1-16-6-4-7-18(12-16)22-15-23(19-8-5-9-20(14-19)28-3)27-26-25(22)21-11-10-17(2)13-24(21)29-26/h4-9,12,14-15,17H,10-11,13H2,1-3H3. The van der Waals surface area contributed by atoms with Gasteiger partial charge in [0.2, 0.25) is 0 Å². The number of fused-ring (bicyclic) bond motifs is 3. The van der Waals surface area contributed by atoms with E-state index in [1.807, 2.05) is 23.5 Å². The van der Waals surface area contributed by atoms with E-state index in [1.54, 1.807) is 7.11 Å². The molecule has 2 aromatic heterocycles. The summed E-state index contributed by atoms with van der Waals surface area (Å²) in [5.41, 5.74) is 7.51. The number of ether oxygens (including phenoxy) is 1. The highest BCUT2D eigenvalue weighted by atomic mass is 32.1. The first-order valence-corrected chi connectivity index (χ1v) is 11.1. The zero-order valence-corrected chi connectivity index (χ0v) is 18.0. The summed E-state index contributed by atoms with van der Waals surface area (Å²) in [6, 6.07) is 19.3. The number of hydrogen-bond acceptors (Lipinski definition) is 3. The summed E-state index contributed by atoms with van der Waals surface area (Å²) in [6.07, 6.45) is 3.61. The van der Waals surface area contributed by atoms with Crippen molar-refractivity contribution in [1.82, 2.24) is 4.98 Å². The third kappa shape index (κ3) is 3.34. The van der Waals surface area contributed by atoms with Crippen LogP contribution < -0.4 is 4.74 Å². The van der Waals surface area contributed by atoms with Crippen molar-refractivity contribution in [2.75, 3.05) is 7.11 Å². The minimum atomic E-state index is 0.760. The van der Waals surface area contributed by atoms with E-state index in [-0.39, 0.29) is 0 Å². The smallest absolute Gasteiger partial charge is 0.125 e. The Morgan fingerprint density at radius 1 is 1.03 bits per heavy atom. The average molecular weight is 400 g/mol. The predicted octanol–water partition coefficient (Wildman–Crippen LogP) is 7.07. The van der Waals surface area contributed by atoms with Crippen LogP contribution in [0.1, 0.15) is 29.3 Å². The Hall–Kier alpha value is -2.65. The molecule has 1 aliphatic rings. The van der Waals surface area contributed by atoms with Gasteiger partial charge in [-0.3, -0.25) is 0 Å². The van der Waals surface area contributed by atoms with Crippen LogP contribution in [-0.4, -0.2) is 12.1 Å². The maximum atomic E-state index is 5.45. The molecule has 5 rings (SSSR count). The minimum Gasteiger partial charge on any atom is -0.497 e. The molecule has 0 fully saturated rings. The SMILES string of the molecule is COc1cccc(-c2cc(-c3cccc(C)c3)c3c4c(sc3n2)CC(C)CC4)c1. The number of aryl methyl sites for hydroxylation is 2. The zero-order valence-electron chi connectivity index (χ0n) is 17.2. The van der Waals surface area contributed by atoms with Crippen LogP contribution in [0.2, 0.25) is 0 Å². The molecule has 2 heterocycles. The van der Waals surface area contributed by atoms with Crippen molar-refractivity contribution in [1.29, 1.82) is 0 Å². The maximum absolute atomic E-state index is 5.45. The Labute approximate surface area is 176 Å². The average Bonchev–Trinajstić information content (AvgIpc) is 3.10. The lowest BCUT2D eigenvalue weighted by molar-refractivity contribution is 0.415. The summed E-state index contributed by atoms with van der Waals surface area (Å²) in [5, 5.41) is 1.37. The second-order valence-corrected chi connectivity index (χ2v) is 9.27. The molecule has 29 heavy (non-hydrogen) atoms. The Balaban J connectivity index is 1.79. The lowest BCUT2D eigenvalue weighted by Crippen LogP contribution is -2.08. The molecular weight excluding hydrogens is 374 g/mol. The number of thiophene rings is 1. The van der Waals surface area contributed by atoms with Crippen molar-refractivity contribution >= 4 is 21.6 Å². The van der Waals surface area contributed by atoms with E-state index in [4.69, 9.17) is 9.72 Å². The molecule has 2 nitrogen and oxygen atoms in total. The van der Waals surface area contributed by atoms with Crippen molar-refractivity contribution < 1.29 is 4.74 Å². The van der Waals surface area contributed by atoms with Gasteiger partial charge in [0.25, 0.3) is 0 Å². The Bertz CT molecular complexity index is 1210. The molecule has 0 saturated heterocycles. The van der Waals surface area contributed by atoms with Gasteiger partial charge in [-0.05, 0) is 67.0 Å². The van der Waals surface area contributed by atoms with Gasteiger partial charge in [0.1, 0.15) is 10.6 Å². The molecule has 3 heteroatoms. The number of nitrogens with zero attached hydrogens (tertiary/aromatic N) is 1. The number of aromatic nitrogens is 1. The fraction of sp³-hybridized carbons (Fsp3) is 0.269. The van der Waals surface area contributed by atoms with Gasteiger partial charge in [0, 0.05) is 15.8 Å². The molecule has 1 unspecified atom stereocenters. The molecular formula is C26H25NOS. The van der Waals surface area contributed by atoms with E-state index in [0.29, 0.717) is 0 Å². The molecule has 2 aromatic carbocycles. The van der Waals surface area contributed by atoms with E-state index in [9.17, 15) is 0 Å². The normalized spacial score (nSPS) is 16.0. The monoisotopic (exact) mass is 399 g/mol. The number of methoxy groups -OCH3 is 1. The van der Waals surface area contributed by atoms with Crippen LogP contribution in [0.15, 0.2) is 54.6 Å². The van der Waals surface area contributed by atoms with Gasteiger partial charge in [0.05, 0.1) is 12.8 Å². The van der Waals surface area contributed by atoms with E-state index in [0.717, 1.165) is 29.3 Å². The topological polar surface area (TPSA) is 22.1 Å². The van der Waals surface area contributed by atoms with Crippen molar-refractivity contribution in [3.63, 3.8) is 0 Å².